The first-order chi connectivity index (χ1) is 8.44. The van der Waals surface area contributed by atoms with Crippen molar-refractivity contribution in [3.8, 4) is 11.5 Å². The Morgan fingerprint density at radius 2 is 2.00 bits per heavy atom. The summed E-state index contributed by atoms with van der Waals surface area (Å²) in [4.78, 5) is 0. The molecule has 8 heteroatoms. The van der Waals surface area contributed by atoms with Gasteiger partial charge in [-0.2, -0.15) is 0 Å². The number of halogens is 2. The highest BCUT2D eigenvalue weighted by atomic mass is 35.5. The van der Waals surface area contributed by atoms with Crippen molar-refractivity contribution in [1.29, 1.82) is 0 Å². The Labute approximate surface area is 114 Å². The molecule has 0 bridgehead atoms. The van der Waals surface area contributed by atoms with Gasteiger partial charge in [0.1, 0.15) is 0 Å². The van der Waals surface area contributed by atoms with Crippen LogP contribution in [0.1, 0.15) is 6.92 Å². The molecule has 1 aromatic heterocycles. The summed E-state index contributed by atoms with van der Waals surface area (Å²) < 4.78 is 28.2. The molecule has 0 aliphatic rings. The molecule has 0 amide bonds. The fraction of sp³-hybridized carbons (Fsp3) is 0.200. The van der Waals surface area contributed by atoms with Crippen molar-refractivity contribution in [2.45, 2.75) is 12.1 Å². The Bertz CT molecular complexity index is 682. The number of hydrogen-bond acceptors (Lipinski definition) is 5. The highest BCUT2D eigenvalue weighted by Crippen LogP contribution is 2.30. The van der Waals surface area contributed by atoms with Gasteiger partial charge < -0.3 is 4.42 Å². The fourth-order valence-corrected chi connectivity index (χ4v) is 2.34. The van der Waals surface area contributed by atoms with Crippen LogP contribution in [0.3, 0.4) is 0 Å². The molecule has 0 aliphatic carbocycles. The summed E-state index contributed by atoms with van der Waals surface area (Å²) in [6, 6.07) is 4.69. The van der Waals surface area contributed by atoms with Gasteiger partial charge in [-0.25, -0.2) is 8.42 Å². The minimum absolute atomic E-state index is 0.0451. The lowest BCUT2D eigenvalue weighted by molar-refractivity contribution is 0.440. The van der Waals surface area contributed by atoms with Crippen LogP contribution in [0.5, 0.6) is 0 Å². The number of nitrogens with zero attached hydrogens (tertiary/aromatic N) is 2. The minimum Gasteiger partial charge on any atom is -0.408 e. The van der Waals surface area contributed by atoms with Gasteiger partial charge in [-0.05, 0) is 18.2 Å². The largest absolute Gasteiger partial charge is 0.408 e. The van der Waals surface area contributed by atoms with Crippen molar-refractivity contribution >= 4 is 33.0 Å². The van der Waals surface area contributed by atoms with Crippen molar-refractivity contribution in [1.82, 2.24) is 10.2 Å². The highest BCUT2D eigenvalue weighted by Gasteiger charge is 2.21. The van der Waals surface area contributed by atoms with Gasteiger partial charge in [0.2, 0.25) is 15.7 Å². The predicted octanol–water partition coefficient (Wildman–Crippen LogP) is 2.84. The molecular formula is C10H8Cl2N2O3S. The summed E-state index contributed by atoms with van der Waals surface area (Å²) in [5, 5.41) is 7.53. The van der Waals surface area contributed by atoms with Crippen LogP contribution in [0, 0.1) is 0 Å². The number of sulfone groups is 1. The Morgan fingerprint density at radius 3 is 2.61 bits per heavy atom. The molecule has 1 heterocycles. The van der Waals surface area contributed by atoms with Crippen LogP contribution in [0.15, 0.2) is 27.8 Å². The minimum atomic E-state index is -3.52. The van der Waals surface area contributed by atoms with Crippen molar-refractivity contribution < 1.29 is 12.8 Å². The average Bonchev–Trinajstić information content (AvgIpc) is 2.79. The van der Waals surface area contributed by atoms with Crippen molar-refractivity contribution in [3.63, 3.8) is 0 Å². The van der Waals surface area contributed by atoms with Gasteiger partial charge in [0, 0.05) is 5.02 Å². The molecule has 0 aliphatic heterocycles. The lowest BCUT2D eigenvalue weighted by Gasteiger charge is -1.98. The predicted molar refractivity (Wildman–Crippen MR) is 67.5 cm³/mol. The summed E-state index contributed by atoms with van der Waals surface area (Å²) >= 11 is 11.7. The monoisotopic (exact) mass is 306 g/mol. The van der Waals surface area contributed by atoms with E-state index in [1.807, 2.05) is 0 Å². The molecule has 2 rings (SSSR count). The molecule has 0 spiro atoms. The van der Waals surface area contributed by atoms with E-state index in [1.54, 1.807) is 12.1 Å². The van der Waals surface area contributed by atoms with E-state index in [2.05, 4.69) is 10.2 Å². The molecule has 0 fully saturated rings. The summed E-state index contributed by atoms with van der Waals surface area (Å²) in [6.07, 6.45) is 0. The normalized spacial score (nSPS) is 11.7. The van der Waals surface area contributed by atoms with E-state index in [9.17, 15) is 8.42 Å². The molecule has 0 atom stereocenters. The fourth-order valence-electron chi connectivity index (χ4n) is 1.23. The third-order valence-corrected chi connectivity index (χ3v) is 4.22. The molecule has 1 aromatic carbocycles. The SMILES string of the molecule is CCS(=O)(=O)c1nnc(-c2ccc(Cl)cc2Cl)o1. The number of hydrogen-bond donors (Lipinski definition) is 0. The maximum absolute atomic E-state index is 11.5. The maximum atomic E-state index is 11.5. The zero-order chi connectivity index (χ0) is 13.3. The molecule has 0 saturated heterocycles. The zero-order valence-corrected chi connectivity index (χ0v) is 11.6. The molecule has 96 valence electrons. The molecule has 5 nitrogen and oxygen atoms in total. The van der Waals surface area contributed by atoms with E-state index in [1.165, 1.54) is 13.0 Å². The molecule has 0 N–H and O–H groups in total. The van der Waals surface area contributed by atoms with Crippen LogP contribution < -0.4 is 0 Å². The van der Waals surface area contributed by atoms with Crippen LogP contribution in [0.4, 0.5) is 0 Å². The first-order valence-corrected chi connectivity index (χ1v) is 7.36. The van der Waals surface area contributed by atoms with Gasteiger partial charge in [0.05, 0.1) is 16.3 Å². The van der Waals surface area contributed by atoms with Gasteiger partial charge in [0.25, 0.3) is 0 Å². The van der Waals surface area contributed by atoms with Gasteiger partial charge in [-0.15, -0.1) is 5.10 Å². The Balaban J connectivity index is 2.48. The molecule has 18 heavy (non-hydrogen) atoms. The van der Waals surface area contributed by atoms with Crippen molar-refractivity contribution in [3.05, 3.63) is 28.2 Å². The van der Waals surface area contributed by atoms with Crippen molar-refractivity contribution in [2.24, 2.45) is 0 Å². The van der Waals surface area contributed by atoms with E-state index >= 15 is 0 Å². The molecule has 2 aromatic rings. The van der Waals surface area contributed by atoms with Crippen LogP contribution >= 0.6 is 23.2 Å². The summed E-state index contributed by atoms with van der Waals surface area (Å²) in [5.41, 5.74) is 0.436. The van der Waals surface area contributed by atoms with Crippen LogP contribution in [0.2, 0.25) is 10.0 Å². The second-order valence-corrected chi connectivity index (χ2v) is 6.40. The van der Waals surface area contributed by atoms with Gasteiger partial charge in [0.15, 0.2) is 0 Å². The topological polar surface area (TPSA) is 73.1 Å². The highest BCUT2D eigenvalue weighted by molar-refractivity contribution is 7.91. The van der Waals surface area contributed by atoms with E-state index in [4.69, 9.17) is 27.6 Å². The number of benzene rings is 1. The standard InChI is InChI=1S/C10H8Cl2N2O3S/c1-2-18(15,16)10-14-13-9(17-10)7-4-3-6(11)5-8(7)12/h3-5H,2H2,1H3. The first-order valence-electron chi connectivity index (χ1n) is 4.95. The zero-order valence-electron chi connectivity index (χ0n) is 9.22. The second-order valence-electron chi connectivity index (χ2n) is 3.40. The van der Waals surface area contributed by atoms with Crippen molar-refractivity contribution in [2.75, 3.05) is 5.75 Å². The summed E-state index contributed by atoms with van der Waals surface area (Å²) in [6.45, 7) is 1.49. The molecular weight excluding hydrogens is 299 g/mol. The summed E-state index contributed by atoms with van der Waals surface area (Å²) in [5.74, 6) is -0.0631. The Hall–Kier alpha value is -1.11. The second kappa shape index (κ2) is 4.87. The Kier molecular flexibility index (Phi) is 3.61. The molecule has 0 unspecified atom stereocenters. The van der Waals surface area contributed by atoms with Crippen LogP contribution in [-0.4, -0.2) is 24.4 Å². The Morgan fingerprint density at radius 1 is 1.28 bits per heavy atom. The van der Waals surface area contributed by atoms with E-state index in [0.717, 1.165) is 0 Å². The van der Waals surface area contributed by atoms with Gasteiger partial charge in [-0.3, -0.25) is 0 Å². The third kappa shape index (κ3) is 2.50. The molecule has 0 saturated carbocycles. The van der Waals surface area contributed by atoms with E-state index in [-0.39, 0.29) is 11.6 Å². The number of aromatic nitrogens is 2. The quantitative estimate of drug-likeness (QED) is 0.871. The lowest BCUT2D eigenvalue weighted by atomic mass is 10.2. The average molecular weight is 307 g/mol. The van der Waals surface area contributed by atoms with Crippen LogP contribution in [-0.2, 0) is 9.84 Å². The third-order valence-electron chi connectivity index (χ3n) is 2.21. The lowest BCUT2D eigenvalue weighted by Crippen LogP contribution is -2.03. The van der Waals surface area contributed by atoms with Gasteiger partial charge >= 0.3 is 5.22 Å². The molecule has 0 radical (unpaired) electrons. The van der Waals surface area contributed by atoms with E-state index in [0.29, 0.717) is 15.6 Å². The van der Waals surface area contributed by atoms with Gasteiger partial charge in [-0.1, -0.05) is 35.2 Å². The van der Waals surface area contributed by atoms with E-state index < -0.39 is 15.1 Å². The number of rotatable bonds is 3. The first kappa shape index (κ1) is 13.3. The summed E-state index contributed by atoms with van der Waals surface area (Å²) in [7, 11) is -3.52. The van der Waals surface area contributed by atoms with Crippen LogP contribution in [0.25, 0.3) is 11.5 Å². The maximum Gasteiger partial charge on any atom is 0.335 e. The smallest absolute Gasteiger partial charge is 0.335 e.